The van der Waals surface area contributed by atoms with Crippen molar-refractivity contribution in [2.45, 2.75) is 25.9 Å². The zero-order chi connectivity index (χ0) is 13.9. The van der Waals surface area contributed by atoms with Crippen LogP contribution in [0.5, 0.6) is 5.88 Å². The molecule has 0 radical (unpaired) electrons. The molecule has 0 aliphatic carbocycles. The number of hydrogen-bond donors (Lipinski definition) is 2. The van der Waals surface area contributed by atoms with E-state index in [1.54, 1.807) is 6.33 Å². The Labute approximate surface area is 117 Å². The van der Waals surface area contributed by atoms with Crippen LogP contribution in [-0.2, 0) is 0 Å². The number of H-pyrrole nitrogens is 1. The van der Waals surface area contributed by atoms with Gasteiger partial charge in [-0.05, 0) is 26.8 Å². The van der Waals surface area contributed by atoms with Crippen molar-refractivity contribution >= 4 is 17.1 Å². The molecule has 1 fully saturated rings. The lowest BCUT2D eigenvalue weighted by atomic mass is 10.1. The lowest BCUT2D eigenvalue weighted by Gasteiger charge is -2.29. The molecule has 7 nitrogen and oxygen atoms in total. The number of nitrogens with one attached hydrogen (secondary N) is 2. The van der Waals surface area contributed by atoms with Gasteiger partial charge in [-0.3, -0.25) is 0 Å². The summed E-state index contributed by atoms with van der Waals surface area (Å²) in [7, 11) is 2.14. The van der Waals surface area contributed by atoms with E-state index in [1.807, 2.05) is 6.92 Å². The fraction of sp³-hybridized carbons (Fsp3) is 0.615. The second-order valence-corrected chi connectivity index (χ2v) is 5.10. The van der Waals surface area contributed by atoms with Crippen LogP contribution in [0.3, 0.4) is 0 Å². The maximum absolute atomic E-state index is 6.07. The van der Waals surface area contributed by atoms with Crippen molar-refractivity contribution in [3.63, 3.8) is 0 Å². The molecule has 2 N–H and O–H groups in total. The highest BCUT2D eigenvalue weighted by atomic mass is 16.5. The number of hydrogen-bond acceptors (Lipinski definition) is 6. The molecule has 0 amide bonds. The van der Waals surface area contributed by atoms with Crippen molar-refractivity contribution in [2.75, 3.05) is 32.0 Å². The van der Waals surface area contributed by atoms with E-state index in [0.29, 0.717) is 17.5 Å². The first kappa shape index (κ1) is 13.1. The summed E-state index contributed by atoms with van der Waals surface area (Å²) in [6, 6.07) is 0. The third kappa shape index (κ3) is 2.67. The van der Waals surface area contributed by atoms with Crippen LogP contribution in [0.2, 0.25) is 0 Å². The summed E-state index contributed by atoms with van der Waals surface area (Å²) in [5.74, 6) is 1.16. The van der Waals surface area contributed by atoms with Gasteiger partial charge in [-0.2, -0.15) is 9.97 Å². The average Bonchev–Trinajstić information content (AvgIpc) is 2.90. The number of fused-ring (bicyclic) bond motifs is 1. The van der Waals surface area contributed by atoms with E-state index in [4.69, 9.17) is 4.74 Å². The third-order valence-electron chi connectivity index (χ3n) is 3.53. The number of imidazole rings is 1. The molecule has 0 bridgehead atoms. The number of likely N-dealkylation sites (tertiary alicyclic amines) is 1. The molecule has 7 heteroatoms. The molecule has 3 rings (SSSR count). The van der Waals surface area contributed by atoms with Crippen molar-refractivity contribution in [1.29, 1.82) is 0 Å². The minimum absolute atomic E-state index is 0.210. The summed E-state index contributed by atoms with van der Waals surface area (Å²) in [5, 5.41) is 3.11. The van der Waals surface area contributed by atoms with Gasteiger partial charge in [0.25, 0.3) is 0 Å². The first-order valence-corrected chi connectivity index (χ1v) is 7.06. The van der Waals surface area contributed by atoms with E-state index in [-0.39, 0.29) is 6.10 Å². The third-order valence-corrected chi connectivity index (χ3v) is 3.53. The molecule has 1 aliphatic heterocycles. The molecule has 3 heterocycles. The molecule has 2 aromatic heterocycles. The summed E-state index contributed by atoms with van der Waals surface area (Å²) in [4.78, 5) is 18.3. The Morgan fingerprint density at radius 1 is 1.40 bits per heavy atom. The lowest BCUT2D eigenvalue weighted by molar-refractivity contribution is 0.111. The van der Waals surface area contributed by atoms with Crippen molar-refractivity contribution < 1.29 is 4.74 Å². The number of nitrogens with zero attached hydrogens (tertiary/aromatic N) is 4. The first-order chi connectivity index (χ1) is 9.76. The standard InChI is InChI=1S/C13H20N6O/c1-3-14-13-17-11-10(15-8-16-11)12(18-13)20-9-4-6-19(2)7-5-9/h8-9H,3-7H2,1-2H3,(H2,14,15,16,17,18). The average molecular weight is 276 g/mol. The van der Waals surface area contributed by atoms with Crippen molar-refractivity contribution in [2.24, 2.45) is 0 Å². The number of rotatable bonds is 4. The fourth-order valence-electron chi connectivity index (χ4n) is 2.39. The largest absolute Gasteiger partial charge is 0.473 e. The second-order valence-electron chi connectivity index (χ2n) is 5.10. The topological polar surface area (TPSA) is 79.0 Å². The Hall–Kier alpha value is -1.89. The van der Waals surface area contributed by atoms with Gasteiger partial charge < -0.3 is 19.9 Å². The highest BCUT2D eigenvalue weighted by Gasteiger charge is 2.20. The minimum Gasteiger partial charge on any atom is -0.473 e. The molecule has 108 valence electrons. The van der Waals surface area contributed by atoms with Gasteiger partial charge in [0, 0.05) is 19.6 Å². The quantitative estimate of drug-likeness (QED) is 0.875. The van der Waals surface area contributed by atoms with Crippen LogP contribution in [0.1, 0.15) is 19.8 Å². The predicted molar refractivity (Wildman–Crippen MR) is 77.0 cm³/mol. The summed E-state index contributed by atoms with van der Waals surface area (Å²) >= 11 is 0. The highest BCUT2D eigenvalue weighted by Crippen LogP contribution is 2.24. The van der Waals surface area contributed by atoms with Crippen LogP contribution in [0.4, 0.5) is 5.95 Å². The van der Waals surface area contributed by atoms with Gasteiger partial charge in [-0.1, -0.05) is 0 Å². The van der Waals surface area contributed by atoms with Crippen LogP contribution >= 0.6 is 0 Å². The first-order valence-electron chi connectivity index (χ1n) is 7.06. The second kappa shape index (κ2) is 5.62. The molecule has 0 atom stereocenters. The molecule has 0 unspecified atom stereocenters. The van der Waals surface area contributed by atoms with Gasteiger partial charge in [0.2, 0.25) is 11.8 Å². The zero-order valence-corrected chi connectivity index (χ0v) is 11.9. The number of anilines is 1. The van der Waals surface area contributed by atoms with E-state index in [2.05, 4.69) is 37.2 Å². The fourth-order valence-corrected chi connectivity index (χ4v) is 2.39. The van der Waals surface area contributed by atoms with Gasteiger partial charge in [-0.25, -0.2) is 4.98 Å². The molecule has 20 heavy (non-hydrogen) atoms. The van der Waals surface area contributed by atoms with Gasteiger partial charge in [0.05, 0.1) is 6.33 Å². The molecule has 1 saturated heterocycles. The summed E-state index contributed by atoms with van der Waals surface area (Å²) < 4.78 is 6.07. The van der Waals surface area contributed by atoms with Crippen LogP contribution in [0.15, 0.2) is 6.33 Å². The van der Waals surface area contributed by atoms with Gasteiger partial charge in [0.1, 0.15) is 11.6 Å². The summed E-state index contributed by atoms with van der Waals surface area (Å²) in [6.45, 7) is 4.89. The molecule has 1 aliphatic rings. The SMILES string of the molecule is CCNc1nc(OC2CCN(C)CC2)c2[nH]cnc2n1. The molecular formula is C13H20N6O. The van der Waals surface area contributed by atoms with E-state index >= 15 is 0 Å². The van der Waals surface area contributed by atoms with Crippen LogP contribution in [-0.4, -0.2) is 57.6 Å². The van der Waals surface area contributed by atoms with Crippen molar-refractivity contribution in [3.8, 4) is 5.88 Å². The Morgan fingerprint density at radius 3 is 2.95 bits per heavy atom. The Morgan fingerprint density at radius 2 is 2.20 bits per heavy atom. The summed E-state index contributed by atoms with van der Waals surface area (Å²) in [5.41, 5.74) is 1.41. The van der Waals surface area contributed by atoms with Crippen LogP contribution < -0.4 is 10.1 Å². The number of ether oxygens (including phenoxy) is 1. The van der Waals surface area contributed by atoms with E-state index in [0.717, 1.165) is 38.0 Å². The maximum atomic E-state index is 6.07. The number of aromatic amines is 1. The van der Waals surface area contributed by atoms with Crippen LogP contribution in [0.25, 0.3) is 11.2 Å². The Bertz CT molecular complexity index is 575. The van der Waals surface area contributed by atoms with E-state index in [1.165, 1.54) is 0 Å². The zero-order valence-electron chi connectivity index (χ0n) is 11.9. The minimum atomic E-state index is 0.210. The van der Waals surface area contributed by atoms with E-state index in [9.17, 15) is 0 Å². The summed E-state index contributed by atoms with van der Waals surface area (Å²) in [6.07, 6.45) is 3.87. The monoisotopic (exact) mass is 276 g/mol. The molecule has 2 aromatic rings. The normalized spacial score (nSPS) is 17.5. The number of piperidine rings is 1. The Balaban J connectivity index is 1.83. The smallest absolute Gasteiger partial charge is 0.245 e. The van der Waals surface area contributed by atoms with E-state index < -0.39 is 0 Å². The van der Waals surface area contributed by atoms with Crippen molar-refractivity contribution in [3.05, 3.63) is 6.33 Å². The highest BCUT2D eigenvalue weighted by molar-refractivity contribution is 5.76. The molecule has 0 aromatic carbocycles. The van der Waals surface area contributed by atoms with Gasteiger partial charge >= 0.3 is 0 Å². The van der Waals surface area contributed by atoms with Gasteiger partial charge in [-0.15, -0.1) is 0 Å². The van der Waals surface area contributed by atoms with Crippen molar-refractivity contribution in [1.82, 2.24) is 24.8 Å². The van der Waals surface area contributed by atoms with Gasteiger partial charge in [0.15, 0.2) is 5.65 Å². The number of aromatic nitrogens is 4. The van der Waals surface area contributed by atoms with Crippen LogP contribution in [0, 0.1) is 0 Å². The lowest BCUT2D eigenvalue weighted by Crippen LogP contribution is -2.35. The Kier molecular flexibility index (Phi) is 3.68. The molecule has 0 spiro atoms. The predicted octanol–water partition coefficient (Wildman–Crippen LogP) is 1.26. The maximum Gasteiger partial charge on any atom is 0.245 e. The molecular weight excluding hydrogens is 256 g/mol. The molecule has 0 saturated carbocycles.